The number of carbonyl (C=O) groups is 1. The standard InChI is InChI=1S/C20H28N4O2S/c1-13-7-8-15-21-18-16(19(25)24(15)12-9-13)14(2)17(27-18)22-20(26)23-10-5-3-4-6-11-23/h13H,3-12H2,1-2H3,(H,22,26)/t13-/m0/s1. The largest absolute Gasteiger partial charge is 0.325 e. The van der Waals surface area contributed by atoms with Gasteiger partial charge in [0.2, 0.25) is 0 Å². The minimum atomic E-state index is -0.0537. The first-order valence-electron chi connectivity index (χ1n) is 10.1. The number of anilines is 1. The zero-order valence-electron chi connectivity index (χ0n) is 16.2. The van der Waals surface area contributed by atoms with Gasteiger partial charge >= 0.3 is 6.03 Å². The molecule has 2 amide bonds. The maximum absolute atomic E-state index is 13.1. The first-order valence-corrected chi connectivity index (χ1v) is 10.9. The van der Waals surface area contributed by atoms with E-state index in [4.69, 9.17) is 4.98 Å². The van der Waals surface area contributed by atoms with Crippen LogP contribution in [0.3, 0.4) is 0 Å². The number of aromatic nitrogens is 2. The number of nitrogens with zero attached hydrogens (tertiary/aromatic N) is 3. The summed E-state index contributed by atoms with van der Waals surface area (Å²) in [6.45, 7) is 6.52. The summed E-state index contributed by atoms with van der Waals surface area (Å²) in [5.74, 6) is 1.51. The topological polar surface area (TPSA) is 67.2 Å². The van der Waals surface area contributed by atoms with E-state index in [9.17, 15) is 9.59 Å². The molecule has 7 heteroatoms. The summed E-state index contributed by atoms with van der Waals surface area (Å²) in [7, 11) is 0. The van der Waals surface area contributed by atoms with Crippen molar-refractivity contribution in [3.05, 3.63) is 21.7 Å². The summed E-state index contributed by atoms with van der Waals surface area (Å²) in [4.78, 5) is 33.3. The molecule has 6 nitrogen and oxygen atoms in total. The third kappa shape index (κ3) is 3.61. The van der Waals surface area contributed by atoms with Crippen LogP contribution in [0.5, 0.6) is 0 Å². The van der Waals surface area contributed by atoms with Crippen molar-refractivity contribution in [1.82, 2.24) is 14.5 Å². The van der Waals surface area contributed by atoms with Crippen LogP contribution >= 0.6 is 11.3 Å². The molecule has 2 aliphatic heterocycles. The molecule has 2 aromatic heterocycles. The van der Waals surface area contributed by atoms with Crippen molar-refractivity contribution < 1.29 is 4.79 Å². The molecule has 0 radical (unpaired) electrons. The molecule has 2 aromatic rings. The minimum Gasteiger partial charge on any atom is -0.325 e. The summed E-state index contributed by atoms with van der Waals surface area (Å²) in [6, 6.07) is -0.0537. The van der Waals surface area contributed by atoms with Crippen LogP contribution in [0.15, 0.2) is 4.79 Å². The molecule has 0 aromatic carbocycles. The SMILES string of the molecule is Cc1c(NC(=O)N2CCCCCC2)sc2nc3n(c(=O)c12)CC[C@@H](C)CC3. The first-order chi connectivity index (χ1) is 13.0. The van der Waals surface area contributed by atoms with Crippen molar-refractivity contribution in [3.63, 3.8) is 0 Å². The number of aryl methyl sites for hydroxylation is 2. The number of thiophene rings is 1. The maximum atomic E-state index is 13.1. The van der Waals surface area contributed by atoms with E-state index in [2.05, 4.69) is 12.2 Å². The third-order valence-electron chi connectivity index (χ3n) is 5.95. The molecule has 0 unspecified atom stereocenters. The Hall–Kier alpha value is -1.89. The van der Waals surface area contributed by atoms with Crippen molar-refractivity contribution in [2.24, 2.45) is 5.92 Å². The number of urea groups is 1. The minimum absolute atomic E-state index is 0.0492. The monoisotopic (exact) mass is 388 g/mol. The zero-order chi connectivity index (χ0) is 19.0. The smallest absolute Gasteiger partial charge is 0.322 e. The van der Waals surface area contributed by atoms with Gasteiger partial charge in [-0.3, -0.25) is 14.7 Å². The molecule has 2 aliphatic rings. The molecule has 0 bridgehead atoms. The average molecular weight is 389 g/mol. The Balaban J connectivity index is 1.65. The van der Waals surface area contributed by atoms with E-state index in [0.29, 0.717) is 11.3 Å². The molecule has 0 aliphatic carbocycles. The highest BCUT2D eigenvalue weighted by atomic mass is 32.1. The highest BCUT2D eigenvalue weighted by molar-refractivity contribution is 7.22. The predicted molar refractivity (Wildman–Crippen MR) is 110 cm³/mol. The molecule has 1 atom stereocenters. The van der Waals surface area contributed by atoms with Crippen LogP contribution in [0.2, 0.25) is 0 Å². The van der Waals surface area contributed by atoms with Crippen LogP contribution in [-0.4, -0.2) is 33.6 Å². The number of carbonyl (C=O) groups excluding carboxylic acids is 1. The maximum Gasteiger partial charge on any atom is 0.322 e. The third-order valence-corrected chi connectivity index (χ3v) is 7.05. The molecule has 1 fully saturated rings. The number of fused-ring (bicyclic) bond motifs is 2. The number of nitrogens with one attached hydrogen (secondary N) is 1. The first kappa shape index (κ1) is 18.5. The fraction of sp³-hybridized carbons (Fsp3) is 0.650. The van der Waals surface area contributed by atoms with E-state index in [0.717, 1.165) is 73.0 Å². The second kappa shape index (κ2) is 7.62. The van der Waals surface area contributed by atoms with Crippen molar-refractivity contribution in [2.75, 3.05) is 18.4 Å². The summed E-state index contributed by atoms with van der Waals surface area (Å²) >= 11 is 1.43. The lowest BCUT2D eigenvalue weighted by molar-refractivity contribution is 0.214. The average Bonchev–Trinajstić information content (AvgIpc) is 2.86. The van der Waals surface area contributed by atoms with Crippen LogP contribution in [-0.2, 0) is 13.0 Å². The highest BCUT2D eigenvalue weighted by Gasteiger charge is 2.23. The zero-order valence-corrected chi connectivity index (χ0v) is 17.0. The lowest BCUT2D eigenvalue weighted by Gasteiger charge is -2.20. The molecular weight excluding hydrogens is 360 g/mol. The van der Waals surface area contributed by atoms with Gasteiger partial charge in [-0.05, 0) is 44.1 Å². The molecule has 27 heavy (non-hydrogen) atoms. The van der Waals surface area contributed by atoms with Gasteiger partial charge in [0.05, 0.1) is 5.39 Å². The lowest BCUT2D eigenvalue weighted by atomic mass is 10.0. The van der Waals surface area contributed by atoms with E-state index in [1.165, 1.54) is 24.2 Å². The number of hydrogen-bond donors (Lipinski definition) is 1. The quantitative estimate of drug-likeness (QED) is 0.798. The molecule has 0 saturated carbocycles. The van der Waals surface area contributed by atoms with Gasteiger partial charge in [-0.15, -0.1) is 0 Å². The summed E-state index contributed by atoms with van der Waals surface area (Å²) < 4.78 is 1.85. The molecule has 1 saturated heterocycles. The van der Waals surface area contributed by atoms with Crippen LogP contribution in [0.1, 0.15) is 56.8 Å². The predicted octanol–water partition coefficient (Wildman–Crippen LogP) is 4.15. The molecular formula is C20H28N4O2S. The van der Waals surface area contributed by atoms with Gasteiger partial charge in [0, 0.05) is 26.1 Å². The van der Waals surface area contributed by atoms with Gasteiger partial charge in [0.25, 0.3) is 5.56 Å². The number of rotatable bonds is 1. The highest BCUT2D eigenvalue weighted by Crippen LogP contribution is 2.33. The summed E-state index contributed by atoms with van der Waals surface area (Å²) in [5, 5.41) is 4.48. The van der Waals surface area contributed by atoms with Crippen LogP contribution in [0, 0.1) is 12.8 Å². The molecule has 1 N–H and O–H groups in total. The normalized spacial score (nSPS) is 20.8. The van der Waals surface area contributed by atoms with Crippen molar-refractivity contribution in [2.45, 2.75) is 65.3 Å². The Labute approximate surface area is 163 Å². The second-order valence-electron chi connectivity index (χ2n) is 7.99. The Morgan fingerprint density at radius 2 is 1.89 bits per heavy atom. The molecule has 4 rings (SSSR count). The number of likely N-dealkylation sites (tertiary alicyclic amines) is 1. The van der Waals surface area contributed by atoms with Gasteiger partial charge < -0.3 is 4.90 Å². The van der Waals surface area contributed by atoms with Crippen LogP contribution in [0.4, 0.5) is 9.80 Å². The van der Waals surface area contributed by atoms with Crippen LogP contribution < -0.4 is 10.9 Å². The number of amides is 2. The fourth-order valence-electron chi connectivity index (χ4n) is 4.12. The van der Waals surface area contributed by atoms with E-state index in [-0.39, 0.29) is 11.6 Å². The molecule has 146 valence electrons. The Morgan fingerprint density at radius 3 is 2.63 bits per heavy atom. The Bertz CT molecular complexity index is 909. The second-order valence-corrected chi connectivity index (χ2v) is 8.98. The van der Waals surface area contributed by atoms with E-state index >= 15 is 0 Å². The number of hydrogen-bond acceptors (Lipinski definition) is 4. The Kier molecular flexibility index (Phi) is 5.21. The van der Waals surface area contributed by atoms with Gasteiger partial charge in [-0.1, -0.05) is 31.1 Å². The van der Waals surface area contributed by atoms with Gasteiger partial charge in [-0.25, -0.2) is 9.78 Å². The van der Waals surface area contributed by atoms with Gasteiger partial charge in [0.15, 0.2) is 0 Å². The molecule has 4 heterocycles. The van der Waals surface area contributed by atoms with Crippen molar-refractivity contribution in [3.8, 4) is 0 Å². The van der Waals surface area contributed by atoms with Gasteiger partial charge in [-0.2, -0.15) is 0 Å². The van der Waals surface area contributed by atoms with E-state index < -0.39 is 0 Å². The van der Waals surface area contributed by atoms with Gasteiger partial charge in [0.1, 0.15) is 15.7 Å². The summed E-state index contributed by atoms with van der Waals surface area (Å²) in [5.41, 5.74) is 0.899. The van der Waals surface area contributed by atoms with Crippen LogP contribution in [0.25, 0.3) is 10.2 Å². The summed E-state index contributed by atoms with van der Waals surface area (Å²) in [6.07, 6.45) is 7.44. The van der Waals surface area contributed by atoms with E-state index in [1.807, 2.05) is 16.4 Å². The Morgan fingerprint density at radius 1 is 1.15 bits per heavy atom. The fourth-order valence-corrected chi connectivity index (χ4v) is 5.20. The van der Waals surface area contributed by atoms with E-state index in [1.54, 1.807) is 0 Å². The van der Waals surface area contributed by atoms with Crippen molar-refractivity contribution >= 4 is 32.6 Å². The van der Waals surface area contributed by atoms with Crippen molar-refractivity contribution in [1.29, 1.82) is 0 Å². The molecule has 0 spiro atoms. The lowest BCUT2D eigenvalue weighted by Crippen LogP contribution is -2.35.